The molecule has 3 aromatic rings. The number of nitrogens with zero attached hydrogens (tertiary/aromatic N) is 5. The van der Waals surface area contributed by atoms with Crippen LogP contribution in [0.15, 0.2) is 18.5 Å². The molecule has 0 spiro atoms. The third kappa shape index (κ3) is 5.38. The molecule has 0 radical (unpaired) electrons. The molecule has 2 amide bonds. The van der Waals surface area contributed by atoms with Gasteiger partial charge in [0, 0.05) is 19.3 Å². The first-order valence-electron chi connectivity index (χ1n) is 10.8. The highest BCUT2D eigenvalue weighted by atomic mass is 32.1. The summed E-state index contributed by atoms with van der Waals surface area (Å²) in [4.78, 5) is 44.0. The Morgan fingerprint density at radius 1 is 1.24 bits per heavy atom. The molecule has 0 aliphatic carbocycles. The van der Waals surface area contributed by atoms with Crippen LogP contribution in [0, 0.1) is 12.7 Å². The number of ether oxygens (including phenoxy) is 1. The third-order valence-corrected chi connectivity index (χ3v) is 5.99. The van der Waals surface area contributed by atoms with Crippen LogP contribution in [0.2, 0.25) is 0 Å². The Morgan fingerprint density at radius 3 is 2.65 bits per heavy atom. The lowest BCUT2D eigenvalue weighted by Gasteiger charge is -2.39. The van der Waals surface area contributed by atoms with Crippen molar-refractivity contribution in [2.24, 2.45) is 0 Å². The van der Waals surface area contributed by atoms with Crippen molar-refractivity contribution in [2.45, 2.75) is 52.3 Å². The van der Waals surface area contributed by atoms with Gasteiger partial charge >= 0.3 is 6.09 Å². The lowest BCUT2D eigenvalue weighted by Crippen LogP contribution is -2.61. The van der Waals surface area contributed by atoms with Crippen molar-refractivity contribution in [1.82, 2.24) is 30.2 Å². The molecule has 10 nitrogen and oxygen atoms in total. The average molecular weight is 488 g/mol. The number of hydrogen-bond donors (Lipinski definition) is 2. The fourth-order valence-electron chi connectivity index (χ4n) is 3.44. The maximum atomic E-state index is 13.6. The predicted molar refractivity (Wildman–Crippen MR) is 125 cm³/mol. The second-order valence-electron chi connectivity index (χ2n) is 9.14. The van der Waals surface area contributed by atoms with Crippen molar-refractivity contribution in [3.8, 4) is 0 Å². The number of aromatic nitrogens is 4. The highest BCUT2D eigenvalue weighted by Gasteiger charge is 2.35. The minimum atomic E-state index is -0.595. The maximum Gasteiger partial charge on any atom is 0.407 e. The van der Waals surface area contributed by atoms with E-state index in [4.69, 9.17) is 4.74 Å². The van der Waals surface area contributed by atoms with E-state index in [9.17, 15) is 14.0 Å². The van der Waals surface area contributed by atoms with Gasteiger partial charge in [0.1, 0.15) is 16.1 Å². The van der Waals surface area contributed by atoms with Gasteiger partial charge in [-0.15, -0.1) is 11.3 Å². The normalized spacial score (nSPS) is 15.1. The number of fused-ring (bicyclic) bond motifs is 1. The Labute approximate surface area is 200 Å². The van der Waals surface area contributed by atoms with Gasteiger partial charge in [-0.2, -0.15) is 4.98 Å². The summed E-state index contributed by atoms with van der Waals surface area (Å²) in [5.74, 6) is -0.510. The Morgan fingerprint density at radius 2 is 1.97 bits per heavy atom. The van der Waals surface area contributed by atoms with Crippen molar-refractivity contribution in [3.05, 3.63) is 40.5 Å². The van der Waals surface area contributed by atoms with Crippen LogP contribution >= 0.6 is 11.3 Å². The number of anilines is 1. The SMILES string of the molecule is Cc1nc2nc(N[C@@H](C)c3cncc(F)c3)nc(C(=O)N3CC(NC(=O)OC(C)(C)C)C3)c2s1. The summed E-state index contributed by atoms with van der Waals surface area (Å²) < 4.78 is 19.4. The van der Waals surface area contributed by atoms with Crippen LogP contribution in [0.5, 0.6) is 0 Å². The molecule has 4 rings (SSSR count). The summed E-state index contributed by atoms with van der Waals surface area (Å²) >= 11 is 1.34. The van der Waals surface area contributed by atoms with Crippen LogP contribution in [-0.4, -0.2) is 61.6 Å². The van der Waals surface area contributed by atoms with E-state index in [-0.39, 0.29) is 29.6 Å². The van der Waals surface area contributed by atoms with Gasteiger partial charge in [0.25, 0.3) is 5.91 Å². The molecule has 34 heavy (non-hydrogen) atoms. The van der Waals surface area contributed by atoms with Gasteiger partial charge in [0.05, 0.1) is 23.3 Å². The second-order valence-corrected chi connectivity index (χ2v) is 10.3. The van der Waals surface area contributed by atoms with Gasteiger partial charge in [-0.3, -0.25) is 9.78 Å². The number of pyridine rings is 1. The van der Waals surface area contributed by atoms with Gasteiger partial charge in [-0.1, -0.05) is 0 Å². The zero-order valence-electron chi connectivity index (χ0n) is 19.5. The molecule has 0 aromatic carbocycles. The molecular formula is C22H26FN7O3S. The van der Waals surface area contributed by atoms with E-state index >= 15 is 0 Å². The van der Waals surface area contributed by atoms with Crippen LogP contribution in [0.4, 0.5) is 15.1 Å². The number of halogens is 1. The summed E-state index contributed by atoms with van der Waals surface area (Å²) in [6.45, 7) is 9.71. The average Bonchev–Trinajstić information content (AvgIpc) is 3.08. The molecular weight excluding hydrogens is 461 g/mol. The zero-order valence-corrected chi connectivity index (χ0v) is 20.4. The van der Waals surface area contributed by atoms with E-state index in [0.717, 1.165) is 11.2 Å². The van der Waals surface area contributed by atoms with E-state index < -0.39 is 17.5 Å². The van der Waals surface area contributed by atoms with E-state index in [0.29, 0.717) is 29.0 Å². The van der Waals surface area contributed by atoms with E-state index in [1.807, 2.05) is 13.8 Å². The molecule has 12 heteroatoms. The molecule has 1 saturated heterocycles. The number of carbonyl (C=O) groups excluding carboxylic acids is 2. The van der Waals surface area contributed by atoms with Gasteiger partial charge in [-0.25, -0.2) is 19.2 Å². The number of amides is 2. The maximum absolute atomic E-state index is 13.6. The number of aryl methyl sites for hydroxylation is 1. The van der Waals surface area contributed by atoms with Crippen molar-refractivity contribution in [2.75, 3.05) is 18.4 Å². The number of thiazole rings is 1. The van der Waals surface area contributed by atoms with Gasteiger partial charge in [0.15, 0.2) is 11.3 Å². The first-order chi connectivity index (χ1) is 16.0. The quantitative estimate of drug-likeness (QED) is 0.561. The molecule has 1 aliphatic heterocycles. The Balaban J connectivity index is 1.50. The molecule has 180 valence electrons. The summed E-state index contributed by atoms with van der Waals surface area (Å²) in [5.41, 5.74) is 0.669. The largest absolute Gasteiger partial charge is 0.444 e. The highest BCUT2D eigenvalue weighted by Crippen LogP contribution is 2.28. The number of rotatable bonds is 5. The first-order valence-corrected chi connectivity index (χ1v) is 11.6. The first kappa shape index (κ1) is 23.7. The summed E-state index contributed by atoms with van der Waals surface area (Å²) in [6, 6.07) is 0.826. The van der Waals surface area contributed by atoms with E-state index in [2.05, 4.69) is 30.6 Å². The Kier molecular flexibility index (Phi) is 6.34. The minimum absolute atomic E-state index is 0.197. The van der Waals surface area contributed by atoms with E-state index in [1.54, 1.807) is 31.9 Å². The van der Waals surface area contributed by atoms with Crippen LogP contribution in [-0.2, 0) is 4.74 Å². The second kappa shape index (κ2) is 9.09. The van der Waals surface area contributed by atoms with Crippen LogP contribution in [0.3, 0.4) is 0 Å². The molecule has 3 aromatic heterocycles. The fraction of sp³-hybridized carbons (Fsp3) is 0.455. The van der Waals surface area contributed by atoms with Crippen molar-refractivity contribution >= 4 is 39.6 Å². The Hall–Kier alpha value is -3.41. The van der Waals surface area contributed by atoms with Gasteiger partial charge < -0.3 is 20.3 Å². The van der Waals surface area contributed by atoms with E-state index in [1.165, 1.54) is 17.4 Å². The zero-order chi connectivity index (χ0) is 24.6. The highest BCUT2D eigenvalue weighted by molar-refractivity contribution is 7.18. The third-order valence-electron chi connectivity index (χ3n) is 5.02. The standard InChI is InChI=1S/C22H26FN7O3S/c1-11(13-6-14(23)8-24-7-13)25-20-28-16(17-18(29-20)26-12(2)34-17)19(31)30-9-15(10-30)27-21(32)33-22(3,4)5/h6-8,11,15H,9-10H2,1-5H3,(H,27,32)(H,25,28,29)/t11-/m0/s1. The van der Waals surface area contributed by atoms with Crippen LogP contribution < -0.4 is 10.6 Å². The van der Waals surface area contributed by atoms with Crippen molar-refractivity contribution in [1.29, 1.82) is 0 Å². The summed E-state index contributed by atoms with van der Waals surface area (Å²) in [7, 11) is 0. The molecule has 0 saturated carbocycles. The molecule has 4 heterocycles. The Bertz CT molecular complexity index is 1240. The number of carbonyl (C=O) groups is 2. The molecule has 1 aliphatic rings. The van der Waals surface area contributed by atoms with Crippen LogP contribution in [0.1, 0.15) is 54.8 Å². The smallest absolute Gasteiger partial charge is 0.407 e. The van der Waals surface area contributed by atoms with Gasteiger partial charge in [-0.05, 0) is 46.2 Å². The molecule has 0 unspecified atom stereocenters. The summed E-state index contributed by atoms with van der Waals surface area (Å²) in [5, 5.41) is 6.62. The number of alkyl carbamates (subject to hydrolysis) is 1. The van der Waals surface area contributed by atoms with Crippen molar-refractivity contribution < 1.29 is 18.7 Å². The molecule has 1 atom stereocenters. The minimum Gasteiger partial charge on any atom is -0.444 e. The number of hydrogen-bond acceptors (Lipinski definition) is 9. The predicted octanol–water partition coefficient (Wildman–Crippen LogP) is 3.45. The molecule has 1 fully saturated rings. The number of likely N-dealkylation sites (tertiary alicyclic amines) is 1. The lowest BCUT2D eigenvalue weighted by molar-refractivity contribution is 0.0358. The fourth-order valence-corrected chi connectivity index (χ4v) is 4.28. The van der Waals surface area contributed by atoms with Crippen molar-refractivity contribution in [3.63, 3.8) is 0 Å². The lowest BCUT2D eigenvalue weighted by atomic mass is 10.1. The van der Waals surface area contributed by atoms with Crippen LogP contribution in [0.25, 0.3) is 10.3 Å². The molecule has 2 N–H and O–H groups in total. The van der Waals surface area contributed by atoms with Gasteiger partial charge in [0.2, 0.25) is 5.95 Å². The number of nitrogens with one attached hydrogen (secondary N) is 2. The topological polar surface area (TPSA) is 122 Å². The monoisotopic (exact) mass is 487 g/mol. The molecule has 0 bridgehead atoms. The summed E-state index contributed by atoms with van der Waals surface area (Å²) in [6.07, 6.45) is 2.17.